The molecule has 4 heteroatoms. The molecule has 0 spiro atoms. The fraction of sp³-hybridized carbons (Fsp3) is 0.714. The van der Waals surface area contributed by atoms with Crippen LogP contribution in [0.2, 0.25) is 0 Å². The molecule has 1 rings (SSSR count). The van der Waals surface area contributed by atoms with Crippen molar-refractivity contribution in [2.45, 2.75) is 58.9 Å². The fourth-order valence-electron chi connectivity index (χ4n) is 2.17. The van der Waals surface area contributed by atoms with Crippen molar-refractivity contribution in [2.75, 3.05) is 0 Å². The molecule has 18 heavy (non-hydrogen) atoms. The largest absolute Gasteiger partial charge is 0.271 e. The molecule has 0 fully saturated rings. The summed E-state index contributed by atoms with van der Waals surface area (Å²) < 4.78 is 0. The normalized spacial score (nSPS) is 14.4. The zero-order valence-corrected chi connectivity index (χ0v) is 11.8. The SMILES string of the molecule is CCCCC(CC)CC(NN)c1cnc(C)cn1. The van der Waals surface area contributed by atoms with Gasteiger partial charge in [-0.15, -0.1) is 0 Å². The lowest BCUT2D eigenvalue weighted by molar-refractivity contribution is 0.352. The standard InChI is InChI=1S/C14H26N4/c1-4-6-7-12(5-2)8-13(18-15)14-10-16-11(3)9-17-14/h9-10,12-13,18H,4-8,15H2,1-3H3. The molecule has 3 N–H and O–H groups in total. The summed E-state index contributed by atoms with van der Waals surface area (Å²) in [5.41, 5.74) is 4.76. The number of hydrazine groups is 1. The molecule has 0 bridgehead atoms. The highest BCUT2D eigenvalue weighted by atomic mass is 15.2. The Bertz CT molecular complexity index is 323. The first-order valence-corrected chi connectivity index (χ1v) is 6.95. The summed E-state index contributed by atoms with van der Waals surface area (Å²) in [7, 11) is 0. The molecule has 102 valence electrons. The van der Waals surface area contributed by atoms with Crippen LogP contribution in [0, 0.1) is 12.8 Å². The minimum Gasteiger partial charge on any atom is -0.271 e. The predicted octanol–water partition coefficient (Wildman–Crippen LogP) is 2.90. The highest BCUT2D eigenvalue weighted by Gasteiger charge is 2.17. The third kappa shape index (κ3) is 4.70. The number of hydrogen-bond acceptors (Lipinski definition) is 4. The van der Waals surface area contributed by atoms with Gasteiger partial charge in [0.05, 0.1) is 23.6 Å². The number of nitrogens with two attached hydrogens (primary N) is 1. The number of nitrogens with one attached hydrogen (secondary N) is 1. The van der Waals surface area contributed by atoms with Crippen molar-refractivity contribution in [3.8, 4) is 0 Å². The zero-order chi connectivity index (χ0) is 13.4. The smallest absolute Gasteiger partial charge is 0.0769 e. The summed E-state index contributed by atoms with van der Waals surface area (Å²) in [5.74, 6) is 6.36. The van der Waals surface area contributed by atoms with Crippen molar-refractivity contribution >= 4 is 0 Å². The molecule has 0 aliphatic heterocycles. The van der Waals surface area contributed by atoms with Gasteiger partial charge in [0.15, 0.2) is 0 Å². The lowest BCUT2D eigenvalue weighted by Gasteiger charge is -2.21. The average molecular weight is 250 g/mol. The van der Waals surface area contributed by atoms with E-state index in [1.807, 2.05) is 13.1 Å². The van der Waals surface area contributed by atoms with Crippen LogP contribution in [0.1, 0.15) is 63.4 Å². The second-order valence-electron chi connectivity index (χ2n) is 4.95. The van der Waals surface area contributed by atoms with Gasteiger partial charge in [0, 0.05) is 6.20 Å². The van der Waals surface area contributed by atoms with E-state index in [4.69, 9.17) is 5.84 Å². The van der Waals surface area contributed by atoms with Crippen LogP contribution in [-0.2, 0) is 0 Å². The van der Waals surface area contributed by atoms with Crippen molar-refractivity contribution < 1.29 is 0 Å². The van der Waals surface area contributed by atoms with Gasteiger partial charge >= 0.3 is 0 Å². The monoisotopic (exact) mass is 250 g/mol. The number of aromatic nitrogens is 2. The summed E-state index contributed by atoms with van der Waals surface area (Å²) in [6, 6.07) is 0.111. The summed E-state index contributed by atoms with van der Waals surface area (Å²) in [5, 5.41) is 0. The van der Waals surface area contributed by atoms with Crippen LogP contribution >= 0.6 is 0 Å². The molecular formula is C14H26N4. The van der Waals surface area contributed by atoms with Gasteiger partial charge in [-0.05, 0) is 19.3 Å². The molecule has 2 atom stereocenters. The van der Waals surface area contributed by atoms with Gasteiger partial charge in [-0.3, -0.25) is 21.2 Å². The maximum absolute atomic E-state index is 5.66. The Labute approximate surface area is 110 Å². The molecule has 0 amide bonds. The van der Waals surface area contributed by atoms with E-state index < -0.39 is 0 Å². The van der Waals surface area contributed by atoms with Crippen molar-refractivity contribution in [2.24, 2.45) is 11.8 Å². The third-order valence-electron chi connectivity index (χ3n) is 3.47. The quantitative estimate of drug-likeness (QED) is 0.550. The van der Waals surface area contributed by atoms with E-state index in [9.17, 15) is 0 Å². The van der Waals surface area contributed by atoms with Gasteiger partial charge in [-0.1, -0.05) is 39.5 Å². The van der Waals surface area contributed by atoms with Gasteiger partial charge in [0.25, 0.3) is 0 Å². The Kier molecular flexibility index (Phi) is 6.83. The van der Waals surface area contributed by atoms with Crippen LogP contribution in [0.4, 0.5) is 0 Å². The maximum Gasteiger partial charge on any atom is 0.0769 e. The van der Waals surface area contributed by atoms with Crippen LogP contribution in [0.15, 0.2) is 12.4 Å². The molecule has 0 saturated carbocycles. The summed E-state index contributed by atoms with van der Waals surface area (Å²) in [4.78, 5) is 8.70. The Balaban J connectivity index is 2.62. The summed E-state index contributed by atoms with van der Waals surface area (Å²) in [6.07, 6.45) is 9.66. The molecular weight excluding hydrogens is 224 g/mol. The third-order valence-corrected chi connectivity index (χ3v) is 3.47. The minimum atomic E-state index is 0.111. The van der Waals surface area contributed by atoms with E-state index in [0.29, 0.717) is 5.92 Å². The first-order chi connectivity index (χ1) is 8.71. The van der Waals surface area contributed by atoms with Gasteiger partial charge in [0.2, 0.25) is 0 Å². The molecule has 0 aliphatic rings. The van der Waals surface area contributed by atoms with Crippen molar-refractivity contribution in [3.63, 3.8) is 0 Å². The van der Waals surface area contributed by atoms with Crippen LogP contribution in [0.25, 0.3) is 0 Å². The van der Waals surface area contributed by atoms with E-state index in [1.54, 1.807) is 6.20 Å². The molecule has 1 aromatic rings. The van der Waals surface area contributed by atoms with E-state index in [2.05, 4.69) is 29.2 Å². The second-order valence-corrected chi connectivity index (χ2v) is 4.95. The number of aryl methyl sites for hydroxylation is 1. The summed E-state index contributed by atoms with van der Waals surface area (Å²) >= 11 is 0. The Morgan fingerprint density at radius 2 is 2.06 bits per heavy atom. The molecule has 0 radical (unpaired) electrons. The Morgan fingerprint density at radius 3 is 2.56 bits per heavy atom. The topological polar surface area (TPSA) is 63.8 Å². The average Bonchev–Trinajstić information content (AvgIpc) is 2.40. The lowest BCUT2D eigenvalue weighted by Crippen LogP contribution is -2.30. The molecule has 4 nitrogen and oxygen atoms in total. The number of hydrogen-bond donors (Lipinski definition) is 2. The Morgan fingerprint density at radius 1 is 1.28 bits per heavy atom. The molecule has 1 aromatic heterocycles. The fourth-order valence-corrected chi connectivity index (χ4v) is 2.17. The predicted molar refractivity (Wildman–Crippen MR) is 74.8 cm³/mol. The Hall–Kier alpha value is -1.00. The zero-order valence-electron chi connectivity index (χ0n) is 11.8. The number of nitrogens with zero attached hydrogens (tertiary/aromatic N) is 2. The first-order valence-electron chi connectivity index (χ1n) is 6.95. The molecule has 0 saturated heterocycles. The lowest BCUT2D eigenvalue weighted by atomic mass is 9.91. The van der Waals surface area contributed by atoms with Gasteiger partial charge in [-0.25, -0.2) is 0 Å². The summed E-state index contributed by atoms with van der Waals surface area (Å²) in [6.45, 7) is 6.42. The highest BCUT2D eigenvalue weighted by Crippen LogP contribution is 2.24. The van der Waals surface area contributed by atoms with Gasteiger partial charge in [-0.2, -0.15) is 0 Å². The maximum atomic E-state index is 5.66. The van der Waals surface area contributed by atoms with E-state index in [-0.39, 0.29) is 6.04 Å². The highest BCUT2D eigenvalue weighted by molar-refractivity contribution is 5.05. The van der Waals surface area contributed by atoms with Crippen LogP contribution in [-0.4, -0.2) is 9.97 Å². The molecule has 0 aromatic carbocycles. The minimum absolute atomic E-state index is 0.111. The molecule has 2 unspecified atom stereocenters. The molecule has 1 heterocycles. The van der Waals surface area contributed by atoms with Crippen LogP contribution < -0.4 is 11.3 Å². The van der Waals surface area contributed by atoms with Crippen LogP contribution in [0.5, 0.6) is 0 Å². The van der Waals surface area contributed by atoms with Gasteiger partial charge < -0.3 is 0 Å². The van der Waals surface area contributed by atoms with Crippen LogP contribution in [0.3, 0.4) is 0 Å². The van der Waals surface area contributed by atoms with E-state index in [1.165, 1.54) is 25.7 Å². The van der Waals surface area contributed by atoms with Crippen molar-refractivity contribution in [1.82, 2.24) is 15.4 Å². The van der Waals surface area contributed by atoms with Crippen molar-refractivity contribution in [3.05, 3.63) is 23.8 Å². The second kappa shape index (κ2) is 8.16. The number of unbranched alkanes of at least 4 members (excludes halogenated alkanes) is 1. The van der Waals surface area contributed by atoms with Crippen molar-refractivity contribution in [1.29, 1.82) is 0 Å². The van der Waals surface area contributed by atoms with Gasteiger partial charge in [0.1, 0.15) is 0 Å². The van der Waals surface area contributed by atoms with E-state index >= 15 is 0 Å². The van der Waals surface area contributed by atoms with E-state index in [0.717, 1.165) is 17.8 Å². The number of rotatable bonds is 8. The molecule has 0 aliphatic carbocycles. The first kappa shape index (κ1) is 15.1.